The van der Waals surface area contributed by atoms with E-state index in [2.05, 4.69) is 9.98 Å². The molecule has 0 aliphatic rings. The maximum absolute atomic E-state index is 7.68. The van der Waals surface area contributed by atoms with Crippen LogP contribution in [0, 0.1) is 12.3 Å². The molecule has 90 valence electrons. The Labute approximate surface area is 107 Å². The van der Waals surface area contributed by atoms with Gasteiger partial charge in [-0.25, -0.2) is 9.98 Å². The molecule has 0 aliphatic heterocycles. The van der Waals surface area contributed by atoms with Gasteiger partial charge < -0.3 is 5.41 Å². The van der Waals surface area contributed by atoms with Crippen molar-refractivity contribution in [1.82, 2.24) is 4.98 Å². The number of halogens is 1. The molecule has 3 nitrogen and oxygen atoms in total. The summed E-state index contributed by atoms with van der Waals surface area (Å²) >= 11 is 5.73. The number of aromatic nitrogens is 1. The van der Waals surface area contributed by atoms with E-state index in [1.807, 2.05) is 26.0 Å². The topological polar surface area (TPSA) is 49.1 Å². The monoisotopic (exact) mass is 249 g/mol. The van der Waals surface area contributed by atoms with Gasteiger partial charge in [-0.2, -0.15) is 0 Å². The summed E-state index contributed by atoms with van der Waals surface area (Å²) < 4.78 is 0. The third-order valence-electron chi connectivity index (χ3n) is 2.31. The lowest BCUT2D eigenvalue weighted by molar-refractivity contribution is 1.21. The van der Waals surface area contributed by atoms with Gasteiger partial charge in [0, 0.05) is 17.5 Å². The highest BCUT2D eigenvalue weighted by Crippen LogP contribution is 2.22. The lowest BCUT2D eigenvalue weighted by atomic mass is 10.0. The molecule has 0 fully saturated rings. The molecular weight excluding hydrogens is 234 g/mol. The van der Waals surface area contributed by atoms with Crippen LogP contribution in [0.1, 0.15) is 31.9 Å². The summed E-state index contributed by atoms with van der Waals surface area (Å²) in [5.41, 5.74) is 3.30. The maximum atomic E-state index is 7.68. The van der Waals surface area contributed by atoms with Crippen LogP contribution in [0.2, 0.25) is 0 Å². The van der Waals surface area contributed by atoms with E-state index >= 15 is 0 Å². The Morgan fingerprint density at radius 3 is 2.53 bits per heavy atom. The van der Waals surface area contributed by atoms with Crippen molar-refractivity contribution in [1.29, 1.82) is 5.41 Å². The van der Waals surface area contributed by atoms with E-state index in [0.29, 0.717) is 16.7 Å². The first-order chi connectivity index (χ1) is 7.95. The first-order valence-corrected chi connectivity index (χ1v) is 5.73. The van der Waals surface area contributed by atoms with Crippen molar-refractivity contribution in [3.05, 3.63) is 29.5 Å². The third kappa shape index (κ3) is 3.49. The fourth-order valence-electron chi connectivity index (χ4n) is 1.58. The second-order valence-electron chi connectivity index (χ2n) is 3.80. The van der Waals surface area contributed by atoms with Gasteiger partial charge in [0.25, 0.3) is 0 Å². The largest absolute Gasteiger partial charge is 0.305 e. The van der Waals surface area contributed by atoms with Crippen LogP contribution in [0.5, 0.6) is 0 Å². The zero-order chi connectivity index (χ0) is 13.0. The van der Waals surface area contributed by atoms with E-state index in [1.165, 1.54) is 0 Å². The molecule has 1 aromatic rings. The standard InChI is InChI=1S/C13H16ClN3/c1-5-12(9(3)15)11-6-8(2)13(16-7-11)17-10(4)14/h5-7,15H,1-4H3/b12-5-,15-9?,17-10+. The van der Waals surface area contributed by atoms with E-state index in [-0.39, 0.29) is 0 Å². The lowest BCUT2D eigenvalue weighted by Crippen LogP contribution is -1.96. The second kappa shape index (κ2) is 5.73. The van der Waals surface area contributed by atoms with E-state index in [9.17, 15) is 0 Å². The first kappa shape index (κ1) is 13.6. The van der Waals surface area contributed by atoms with E-state index in [1.54, 1.807) is 20.0 Å². The van der Waals surface area contributed by atoms with Gasteiger partial charge in [0.15, 0.2) is 5.82 Å². The van der Waals surface area contributed by atoms with Crippen LogP contribution in [0.4, 0.5) is 5.82 Å². The Morgan fingerprint density at radius 2 is 2.12 bits per heavy atom. The Balaban J connectivity index is 3.21. The van der Waals surface area contributed by atoms with Gasteiger partial charge in [0.05, 0.1) is 0 Å². The van der Waals surface area contributed by atoms with Gasteiger partial charge in [-0.1, -0.05) is 17.7 Å². The number of nitrogens with one attached hydrogen (secondary N) is 1. The van der Waals surface area contributed by atoms with Crippen LogP contribution in [0.15, 0.2) is 23.3 Å². The van der Waals surface area contributed by atoms with Gasteiger partial charge in [-0.05, 0) is 44.9 Å². The molecule has 0 amide bonds. The highest BCUT2D eigenvalue weighted by atomic mass is 35.5. The average molecular weight is 250 g/mol. The lowest BCUT2D eigenvalue weighted by Gasteiger charge is -2.07. The SMILES string of the molecule is C/C=C(/C(C)=N)c1cnc(/N=C(\C)Cl)c(C)c1. The normalized spacial score (nSPS) is 12.8. The molecule has 0 saturated carbocycles. The van der Waals surface area contributed by atoms with Gasteiger partial charge in [0.1, 0.15) is 5.17 Å². The Bertz CT molecular complexity index is 497. The van der Waals surface area contributed by atoms with Crippen LogP contribution in [0.25, 0.3) is 5.57 Å². The number of rotatable bonds is 3. The van der Waals surface area contributed by atoms with Gasteiger partial charge in [-0.3, -0.25) is 0 Å². The molecule has 0 aliphatic carbocycles. The van der Waals surface area contributed by atoms with Crippen molar-refractivity contribution in [2.45, 2.75) is 27.7 Å². The minimum Gasteiger partial charge on any atom is -0.305 e. The predicted octanol–water partition coefficient (Wildman–Crippen LogP) is 4.12. The minimum atomic E-state index is 0.461. The van der Waals surface area contributed by atoms with E-state index in [0.717, 1.165) is 16.7 Å². The van der Waals surface area contributed by atoms with Gasteiger partial charge in [0.2, 0.25) is 0 Å². The molecule has 0 spiro atoms. The molecule has 0 aromatic carbocycles. The first-order valence-electron chi connectivity index (χ1n) is 5.35. The summed E-state index contributed by atoms with van der Waals surface area (Å²) in [7, 11) is 0. The highest BCUT2D eigenvalue weighted by molar-refractivity contribution is 6.65. The minimum absolute atomic E-state index is 0.461. The van der Waals surface area contributed by atoms with Crippen LogP contribution in [0.3, 0.4) is 0 Å². The zero-order valence-electron chi connectivity index (χ0n) is 10.5. The number of allylic oxidation sites excluding steroid dienone is 2. The van der Waals surface area contributed by atoms with E-state index < -0.39 is 0 Å². The van der Waals surface area contributed by atoms with Gasteiger partial charge >= 0.3 is 0 Å². The summed E-state index contributed by atoms with van der Waals surface area (Å²) in [6, 6.07) is 1.97. The van der Waals surface area contributed by atoms with Crippen molar-refractivity contribution < 1.29 is 0 Å². The molecule has 17 heavy (non-hydrogen) atoms. The smallest absolute Gasteiger partial charge is 0.156 e. The Kier molecular flexibility index (Phi) is 4.58. The van der Waals surface area contributed by atoms with Gasteiger partial charge in [-0.15, -0.1) is 0 Å². The van der Waals surface area contributed by atoms with Crippen molar-refractivity contribution in [3.8, 4) is 0 Å². The number of nitrogens with zero attached hydrogens (tertiary/aromatic N) is 2. The van der Waals surface area contributed by atoms with Crippen LogP contribution in [-0.2, 0) is 0 Å². The van der Waals surface area contributed by atoms with Crippen molar-refractivity contribution in [2.24, 2.45) is 4.99 Å². The quantitative estimate of drug-likeness (QED) is 0.805. The summed E-state index contributed by atoms with van der Waals surface area (Å²) in [4.78, 5) is 8.39. The number of hydrogen-bond donors (Lipinski definition) is 1. The molecule has 1 aromatic heterocycles. The van der Waals surface area contributed by atoms with Crippen LogP contribution < -0.4 is 0 Å². The third-order valence-corrected chi connectivity index (χ3v) is 2.40. The predicted molar refractivity (Wildman–Crippen MR) is 74.6 cm³/mol. The maximum Gasteiger partial charge on any atom is 0.156 e. The summed E-state index contributed by atoms with van der Waals surface area (Å²) in [5.74, 6) is 0.624. The zero-order valence-corrected chi connectivity index (χ0v) is 11.3. The molecule has 0 saturated heterocycles. The summed E-state index contributed by atoms with van der Waals surface area (Å²) in [6.07, 6.45) is 3.63. The van der Waals surface area contributed by atoms with E-state index in [4.69, 9.17) is 17.0 Å². The summed E-state index contributed by atoms with van der Waals surface area (Å²) in [5, 5.41) is 8.14. The second-order valence-corrected chi connectivity index (χ2v) is 4.35. The van der Waals surface area contributed by atoms with Crippen molar-refractivity contribution >= 4 is 33.9 Å². The Morgan fingerprint density at radius 1 is 1.47 bits per heavy atom. The molecule has 1 N–H and O–H groups in total. The fraction of sp³-hybridized carbons (Fsp3) is 0.308. The molecule has 0 unspecified atom stereocenters. The number of hydrogen-bond acceptors (Lipinski definition) is 3. The molecule has 1 rings (SSSR count). The molecule has 0 bridgehead atoms. The van der Waals surface area contributed by atoms with Crippen LogP contribution >= 0.6 is 11.6 Å². The molecule has 0 radical (unpaired) electrons. The Hall–Kier alpha value is -1.48. The number of aliphatic imine (C=N–C) groups is 1. The molecular formula is C13H16ClN3. The molecule has 4 heteroatoms. The number of pyridine rings is 1. The average Bonchev–Trinajstić information content (AvgIpc) is 2.22. The highest BCUT2D eigenvalue weighted by Gasteiger charge is 2.06. The molecule has 1 heterocycles. The van der Waals surface area contributed by atoms with Crippen LogP contribution in [-0.4, -0.2) is 15.9 Å². The molecule has 0 atom stereocenters. The van der Waals surface area contributed by atoms with Crippen molar-refractivity contribution in [2.75, 3.05) is 0 Å². The number of aryl methyl sites for hydroxylation is 1. The van der Waals surface area contributed by atoms with Crippen molar-refractivity contribution in [3.63, 3.8) is 0 Å². The summed E-state index contributed by atoms with van der Waals surface area (Å²) in [6.45, 7) is 7.33. The fourth-order valence-corrected chi connectivity index (χ4v) is 1.66.